The molecule has 3 fully saturated rings. The lowest BCUT2D eigenvalue weighted by molar-refractivity contribution is -0.0183. The summed E-state index contributed by atoms with van der Waals surface area (Å²) in [5.41, 5.74) is 7.16. The second-order valence-corrected chi connectivity index (χ2v) is 8.58. The SMILES string of the molecule is CC1(C)CCCC(CN)(N2CCN3CCCCC3C2)CC1. The van der Waals surface area contributed by atoms with Crippen LogP contribution in [0.5, 0.6) is 0 Å². The molecule has 0 bridgehead atoms. The second kappa shape index (κ2) is 6.17. The van der Waals surface area contributed by atoms with E-state index in [1.807, 2.05) is 0 Å². The quantitative estimate of drug-likeness (QED) is 0.795. The topological polar surface area (TPSA) is 32.5 Å². The lowest BCUT2D eigenvalue weighted by atomic mass is 9.82. The zero-order chi connectivity index (χ0) is 14.9. The monoisotopic (exact) mass is 293 g/mol. The maximum atomic E-state index is 6.34. The van der Waals surface area contributed by atoms with Gasteiger partial charge < -0.3 is 5.73 Å². The molecular formula is C18H35N3. The van der Waals surface area contributed by atoms with E-state index in [2.05, 4.69) is 23.6 Å². The molecule has 3 heteroatoms. The van der Waals surface area contributed by atoms with Crippen LogP contribution in [0.15, 0.2) is 0 Å². The zero-order valence-electron chi connectivity index (χ0n) is 14.2. The maximum absolute atomic E-state index is 6.34. The zero-order valence-corrected chi connectivity index (χ0v) is 14.2. The number of piperazine rings is 1. The van der Waals surface area contributed by atoms with Gasteiger partial charge in [0, 0.05) is 37.8 Å². The Morgan fingerprint density at radius 3 is 2.62 bits per heavy atom. The summed E-state index contributed by atoms with van der Waals surface area (Å²) < 4.78 is 0. The van der Waals surface area contributed by atoms with E-state index in [1.165, 1.54) is 77.5 Å². The minimum atomic E-state index is 0.303. The fraction of sp³-hybridized carbons (Fsp3) is 1.00. The minimum Gasteiger partial charge on any atom is -0.329 e. The van der Waals surface area contributed by atoms with Crippen molar-refractivity contribution in [3.8, 4) is 0 Å². The van der Waals surface area contributed by atoms with E-state index in [1.54, 1.807) is 0 Å². The Morgan fingerprint density at radius 1 is 0.952 bits per heavy atom. The van der Waals surface area contributed by atoms with Gasteiger partial charge in [-0.15, -0.1) is 0 Å². The molecule has 1 saturated carbocycles. The third-order valence-corrected chi connectivity index (χ3v) is 6.65. The molecule has 3 nitrogen and oxygen atoms in total. The van der Waals surface area contributed by atoms with E-state index in [4.69, 9.17) is 5.73 Å². The molecule has 2 saturated heterocycles. The first-order valence-electron chi connectivity index (χ1n) is 9.24. The molecule has 2 heterocycles. The van der Waals surface area contributed by atoms with Crippen LogP contribution < -0.4 is 5.73 Å². The summed E-state index contributed by atoms with van der Waals surface area (Å²) in [6.45, 7) is 10.9. The molecule has 2 atom stereocenters. The van der Waals surface area contributed by atoms with E-state index in [9.17, 15) is 0 Å². The van der Waals surface area contributed by atoms with Gasteiger partial charge in [0.05, 0.1) is 0 Å². The molecule has 0 aromatic carbocycles. The van der Waals surface area contributed by atoms with Crippen molar-refractivity contribution in [2.45, 2.75) is 76.8 Å². The molecule has 0 amide bonds. The largest absolute Gasteiger partial charge is 0.329 e. The van der Waals surface area contributed by atoms with Crippen LogP contribution in [-0.4, -0.2) is 54.1 Å². The van der Waals surface area contributed by atoms with Gasteiger partial charge in [-0.05, 0) is 50.5 Å². The summed E-state index contributed by atoms with van der Waals surface area (Å²) in [7, 11) is 0. The number of hydrogen-bond acceptors (Lipinski definition) is 3. The first-order valence-corrected chi connectivity index (χ1v) is 9.24. The molecule has 0 radical (unpaired) electrons. The molecule has 122 valence electrons. The van der Waals surface area contributed by atoms with Gasteiger partial charge in [0.1, 0.15) is 0 Å². The fourth-order valence-electron chi connectivity index (χ4n) is 4.95. The van der Waals surface area contributed by atoms with Gasteiger partial charge in [0.25, 0.3) is 0 Å². The van der Waals surface area contributed by atoms with Crippen LogP contribution in [0.1, 0.15) is 65.2 Å². The third kappa shape index (κ3) is 3.30. The van der Waals surface area contributed by atoms with Gasteiger partial charge in [-0.25, -0.2) is 0 Å². The number of fused-ring (bicyclic) bond motifs is 1. The number of nitrogens with zero attached hydrogens (tertiary/aromatic N) is 2. The molecule has 2 aliphatic heterocycles. The van der Waals surface area contributed by atoms with Crippen molar-refractivity contribution in [3.63, 3.8) is 0 Å². The molecule has 3 aliphatic rings. The van der Waals surface area contributed by atoms with E-state index < -0.39 is 0 Å². The van der Waals surface area contributed by atoms with Crippen LogP contribution in [0.25, 0.3) is 0 Å². The molecule has 3 rings (SSSR count). The van der Waals surface area contributed by atoms with Crippen LogP contribution in [-0.2, 0) is 0 Å². The minimum absolute atomic E-state index is 0.303. The van der Waals surface area contributed by atoms with Crippen molar-refractivity contribution in [2.24, 2.45) is 11.1 Å². The van der Waals surface area contributed by atoms with Gasteiger partial charge in [-0.1, -0.05) is 26.7 Å². The molecule has 1 aliphatic carbocycles. The Morgan fingerprint density at radius 2 is 1.81 bits per heavy atom. The maximum Gasteiger partial charge on any atom is 0.0333 e. The predicted molar refractivity (Wildman–Crippen MR) is 89.4 cm³/mol. The van der Waals surface area contributed by atoms with Crippen molar-refractivity contribution in [1.29, 1.82) is 0 Å². The first kappa shape index (κ1) is 15.8. The number of rotatable bonds is 2. The lowest BCUT2D eigenvalue weighted by Gasteiger charge is -2.52. The average Bonchev–Trinajstić information content (AvgIpc) is 2.66. The smallest absolute Gasteiger partial charge is 0.0333 e. The molecule has 21 heavy (non-hydrogen) atoms. The van der Waals surface area contributed by atoms with Crippen molar-refractivity contribution < 1.29 is 0 Å². The van der Waals surface area contributed by atoms with E-state index in [0.717, 1.165) is 12.6 Å². The van der Waals surface area contributed by atoms with Crippen LogP contribution >= 0.6 is 0 Å². The number of piperidine rings is 1. The molecule has 0 aromatic heterocycles. The molecule has 0 spiro atoms. The van der Waals surface area contributed by atoms with Crippen molar-refractivity contribution >= 4 is 0 Å². The Kier molecular flexibility index (Phi) is 4.63. The third-order valence-electron chi connectivity index (χ3n) is 6.65. The second-order valence-electron chi connectivity index (χ2n) is 8.58. The Bertz CT molecular complexity index is 354. The van der Waals surface area contributed by atoms with Gasteiger partial charge in [0.2, 0.25) is 0 Å². The standard InChI is InChI=1S/C18H35N3/c1-17(2)7-5-8-18(15-19,10-9-17)21-13-12-20-11-4-3-6-16(20)14-21/h16H,3-15,19H2,1-2H3. The average molecular weight is 293 g/mol. The molecule has 2 N–H and O–H groups in total. The van der Waals surface area contributed by atoms with Gasteiger partial charge in [-0.3, -0.25) is 9.80 Å². The van der Waals surface area contributed by atoms with E-state index in [-0.39, 0.29) is 0 Å². The number of nitrogens with two attached hydrogens (primary N) is 1. The summed E-state index contributed by atoms with van der Waals surface area (Å²) in [5.74, 6) is 0. The Balaban J connectivity index is 1.70. The highest BCUT2D eigenvalue weighted by molar-refractivity contribution is 4.99. The highest BCUT2D eigenvalue weighted by atomic mass is 15.3. The molecule has 2 unspecified atom stereocenters. The van der Waals surface area contributed by atoms with Crippen LogP contribution in [0.4, 0.5) is 0 Å². The van der Waals surface area contributed by atoms with Crippen LogP contribution in [0.3, 0.4) is 0 Å². The van der Waals surface area contributed by atoms with Gasteiger partial charge >= 0.3 is 0 Å². The van der Waals surface area contributed by atoms with Crippen molar-refractivity contribution in [3.05, 3.63) is 0 Å². The normalized spacial score (nSPS) is 38.7. The lowest BCUT2D eigenvalue weighted by Crippen LogP contribution is -2.63. The molecular weight excluding hydrogens is 258 g/mol. The summed E-state index contributed by atoms with van der Waals surface area (Å²) in [6.07, 6.45) is 10.9. The summed E-state index contributed by atoms with van der Waals surface area (Å²) in [6, 6.07) is 0.812. The van der Waals surface area contributed by atoms with Gasteiger partial charge in [-0.2, -0.15) is 0 Å². The van der Waals surface area contributed by atoms with E-state index >= 15 is 0 Å². The van der Waals surface area contributed by atoms with Crippen molar-refractivity contribution in [1.82, 2.24) is 9.80 Å². The van der Waals surface area contributed by atoms with Crippen LogP contribution in [0.2, 0.25) is 0 Å². The summed E-state index contributed by atoms with van der Waals surface area (Å²) in [4.78, 5) is 5.55. The Hall–Kier alpha value is -0.120. The summed E-state index contributed by atoms with van der Waals surface area (Å²) in [5, 5.41) is 0. The van der Waals surface area contributed by atoms with Gasteiger partial charge in [0.15, 0.2) is 0 Å². The summed E-state index contributed by atoms with van der Waals surface area (Å²) >= 11 is 0. The highest BCUT2D eigenvalue weighted by Gasteiger charge is 2.42. The fourth-order valence-corrected chi connectivity index (χ4v) is 4.95. The van der Waals surface area contributed by atoms with Crippen molar-refractivity contribution in [2.75, 3.05) is 32.7 Å². The predicted octanol–water partition coefficient (Wildman–Crippen LogP) is 2.84. The molecule has 0 aromatic rings. The first-order chi connectivity index (χ1) is 10.0. The number of hydrogen-bond donors (Lipinski definition) is 1. The van der Waals surface area contributed by atoms with Crippen LogP contribution in [0, 0.1) is 5.41 Å². The highest BCUT2D eigenvalue weighted by Crippen LogP contribution is 2.41. The van der Waals surface area contributed by atoms with E-state index in [0.29, 0.717) is 11.0 Å². The Labute approximate surface area is 131 Å².